The summed E-state index contributed by atoms with van der Waals surface area (Å²) in [7, 11) is 0. The molecule has 0 aliphatic rings. The monoisotopic (exact) mass is 600 g/mol. The topological polar surface area (TPSA) is 13.1 Å². The minimum Gasteiger partial charge on any atom is -0.456 e. The predicted octanol–water partition coefficient (Wildman–Crippen LogP) is 13.2. The van der Waals surface area contributed by atoms with E-state index >= 15 is 0 Å². The third-order valence-electron chi connectivity index (χ3n) is 9.49. The van der Waals surface area contributed by atoms with Crippen LogP contribution in [-0.2, 0) is 0 Å². The van der Waals surface area contributed by atoms with Crippen LogP contribution in [0.15, 0.2) is 174 Å². The summed E-state index contributed by atoms with van der Waals surface area (Å²) in [6.45, 7) is 0. The molecule has 0 spiro atoms. The van der Waals surface area contributed by atoms with E-state index in [4.69, 9.17) is 7.16 Å². The molecule has 0 atom stereocenters. The lowest BCUT2D eigenvalue weighted by Gasteiger charge is -2.18. The van der Waals surface area contributed by atoms with E-state index < -0.39 is 0 Å². The van der Waals surface area contributed by atoms with E-state index in [9.17, 15) is 2.74 Å². The van der Waals surface area contributed by atoms with Crippen molar-refractivity contribution in [2.75, 3.05) is 0 Å². The molecule has 0 unspecified atom stereocenters. The Morgan fingerprint density at radius 1 is 0.383 bits per heavy atom. The van der Waals surface area contributed by atoms with Gasteiger partial charge in [-0.05, 0) is 107 Å². The molecular weight excluding hydrogens is 569 g/mol. The highest BCUT2D eigenvalue weighted by atomic mass is 16.3. The molecule has 1 nitrogen and oxygen atoms in total. The minimum atomic E-state index is -0.189. The van der Waals surface area contributed by atoms with Crippen molar-refractivity contribution in [1.29, 1.82) is 0 Å². The number of hydrogen-bond acceptors (Lipinski definition) is 1. The van der Waals surface area contributed by atoms with E-state index in [-0.39, 0.29) is 24.2 Å². The van der Waals surface area contributed by atoms with Crippen LogP contribution in [0.3, 0.4) is 0 Å². The Hall–Kier alpha value is -6.18. The first-order valence-electron chi connectivity index (χ1n) is 17.9. The quantitative estimate of drug-likeness (QED) is 0.184. The zero-order valence-electron chi connectivity index (χ0n) is 29.3. The number of rotatable bonds is 3. The van der Waals surface area contributed by atoms with Crippen molar-refractivity contribution >= 4 is 65.0 Å². The third-order valence-corrected chi connectivity index (χ3v) is 9.49. The second-order valence-corrected chi connectivity index (χ2v) is 12.1. The van der Waals surface area contributed by atoms with E-state index in [1.807, 2.05) is 91.0 Å². The lowest BCUT2D eigenvalue weighted by atomic mass is 9.85. The molecule has 10 aromatic rings. The molecule has 0 bridgehead atoms. The lowest BCUT2D eigenvalue weighted by Crippen LogP contribution is -1.91. The average Bonchev–Trinajstić information content (AvgIpc) is 3.52. The zero-order valence-corrected chi connectivity index (χ0v) is 25.3. The summed E-state index contributed by atoms with van der Waals surface area (Å²) >= 11 is 0. The van der Waals surface area contributed by atoms with E-state index in [1.165, 1.54) is 0 Å². The van der Waals surface area contributed by atoms with Crippen LogP contribution < -0.4 is 0 Å². The highest BCUT2D eigenvalue weighted by Gasteiger charge is 2.18. The smallest absolute Gasteiger partial charge is 0.136 e. The van der Waals surface area contributed by atoms with E-state index in [1.54, 1.807) is 0 Å². The Morgan fingerprint density at radius 3 is 1.66 bits per heavy atom. The molecule has 0 radical (unpaired) electrons. The minimum absolute atomic E-state index is 0.0823. The van der Waals surface area contributed by atoms with Crippen LogP contribution in [0.5, 0.6) is 0 Å². The van der Waals surface area contributed by atoms with Crippen molar-refractivity contribution in [3.63, 3.8) is 0 Å². The van der Waals surface area contributed by atoms with Crippen LogP contribution >= 0.6 is 0 Å². The van der Waals surface area contributed by atoms with Gasteiger partial charge in [-0.3, -0.25) is 0 Å². The maximum Gasteiger partial charge on any atom is 0.136 e. The Morgan fingerprint density at radius 2 is 0.936 bits per heavy atom. The summed E-state index contributed by atoms with van der Waals surface area (Å²) in [5.41, 5.74) is 5.94. The van der Waals surface area contributed by atoms with Crippen molar-refractivity contribution in [3.8, 4) is 33.4 Å². The first kappa shape index (κ1) is 22.3. The second-order valence-electron chi connectivity index (χ2n) is 12.1. The highest BCUT2D eigenvalue weighted by Crippen LogP contribution is 2.45. The number of fused-ring (bicyclic) bond motifs is 7. The van der Waals surface area contributed by atoms with Crippen LogP contribution in [0.25, 0.3) is 98.4 Å². The van der Waals surface area contributed by atoms with Crippen molar-refractivity contribution in [2.24, 2.45) is 0 Å². The SMILES string of the molecule is [2H]c1c([2H])c(-c2cccc3ccccc23)c([2H])c(-c2c3ccccc3c(-c3ccc4oc5cc6ccccc6cc5c4c3)c3ccccc23)c1[2H]. The van der Waals surface area contributed by atoms with Gasteiger partial charge in [0, 0.05) is 10.8 Å². The van der Waals surface area contributed by atoms with Gasteiger partial charge in [0.1, 0.15) is 11.2 Å². The van der Waals surface area contributed by atoms with Gasteiger partial charge in [-0.2, -0.15) is 0 Å². The Labute approximate surface area is 277 Å². The molecule has 0 N–H and O–H groups in total. The third kappa shape index (κ3) is 4.03. The molecule has 47 heavy (non-hydrogen) atoms. The van der Waals surface area contributed by atoms with Crippen molar-refractivity contribution in [2.45, 2.75) is 0 Å². The molecular formula is C46H28O. The standard InChI is InChI=1S/C46H28O/c1-2-13-31-28-44-42(26-30(31)12-1)41-27-34(23-24-43(41)47-44)46-39-20-7-5-18-37(39)45(38-19-6-8-21-40(38)46)33-16-9-15-32(25-33)36-22-10-14-29-11-3-4-17-35(29)36/h1-28H/i9D,15D,16D,25D. The molecule has 1 aromatic heterocycles. The molecule has 0 aliphatic carbocycles. The fraction of sp³-hybridized carbons (Fsp3) is 0. The fourth-order valence-corrected chi connectivity index (χ4v) is 7.37. The molecule has 0 saturated heterocycles. The van der Waals surface area contributed by atoms with Gasteiger partial charge in [-0.1, -0.05) is 139 Å². The predicted molar refractivity (Wildman–Crippen MR) is 200 cm³/mol. The van der Waals surface area contributed by atoms with Gasteiger partial charge in [0.15, 0.2) is 0 Å². The van der Waals surface area contributed by atoms with Crippen LogP contribution in [0.4, 0.5) is 0 Å². The van der Waals surface area contributed by atoms with Gasteiger partial charge in [0.25, 0.3) is 0 Å². The van der Waals surface area contributed by atoms with Gasteiger partial charge < -0.3 is 4.42 Å². The molecule has 218 valence electrons. The fourth-order valence-electron chi connectivity index (χ4n) is 7.37. The summed E-state index contributed by atoms with van der Waals surface area (Å²) in [5, 5.41) is 10.0. The molecule has 1 heterocycles. The van der Waals surface area contributed by atoms with Crippen molar-refractivity contribution in [3.05, 3.63) is 170 Å². The summed E-state index contributed by atoms with van der Waals surface area (Å²) < 4.78 is 43.4. The van der Waals surface area contributed by atoms with Gasteiger partial charge in [-0.15, -0.1) is 0 Å². The molecule has 9 aromatic carbocycles. The van der Waals surface area contributed by atoms with Gasteiger partial charge in [0.05, 0.1) is 5.48 Å². The maximum atomic E-state index is 9.72. The largest absolute Gasteiger partial charge is 0.456 e. The summed E-state index contributed by atoms with van der Waals surface area (Å²) in [4.78, 5) is 0. The van der Waals surface area contributed by atoms with E-state index in [0.29, 0.717) is 11.1 Å². The van der Waals surface area contributed by atoms with Gasteiger partial charge >= 0.3 is 0 Å². The van der Waals surface area contributed by atoms with Crippen LogP contribution in [0.1, 0.15) is 5.48 Å². The molecule has 0 amide bonds. The van der Waals surface area contributed by atoms with Crippen molar-refractivity contribution in [1.82, 2.24) is 0 Å². The average molecular weight is 601 g/mol. The number of hydrogen-bond donors (Lipinski definition) is 0. The summed E-state index contributed by atoms with van der Waals surface area (Å²) in [6, 6.07) is 48.8. The van der Waals surface area contributed by atoms with E-state index in [0.717, 1.165) is 87.3 Å². The Balaban J connectivity index is 1.29. The maximum absolute atomic E-state index is 9.72. The molecule has 1 heteroatoms. The molecule has 0 fully saturated rings. The first-order valence-corrected chi connectivity index (χ1v) is 15.9. The normalized spacial score (nSPS) is 13.0. The molecule has 0 saturated carbocycles. The highest BCUT2D eigenvalue weighted by molar-refractivity contribution is 6.22. The molecule has 10 rings (SSSR count). The van der Waals surface area contributed by atoms with E-state index in [2.05, 4.69) is 54.6 Å². The van der Waals surface area contributed by atoms with Crippen LogP contribution in [0, 0.1) is 0 Å². The zero-order chi connectivity index (χ0) is 34.4. The van der Waals surface area contributed by atoms with Gasteiger partial charge in [-0.25, -0.2) is 0 Å². The Bertz CT molecular complexity index is 3020. The Kier molecular flexibility index (Phi) is 4.83. The lowest BCUT2D eigenvalue weighted by molar-refractivity contribution is 0.669. The number of benzene rings is 9. The number of furan rings is 1. The van der Waals surface area contributed by atoms with Gasteiger partial charge in [0.2, 0.25) is 0 Å². The van der Waals surface area contributed by atoms with Crippen LogP contribution in [-0.4, -0.2) is 0 Å². The summed E-state index contributed by atoms with van der Waals surface area (Å²) in [6.07, 6.45) is 0. The van der Waals surface area contributed by atoms with Crippen LogP contribution in [0.2, 0.25) is 0 Å². The summed E-state index contributed by atoms with van der Waals surface area (Å²) in [5.74, 6) is 0. The first-order chi connectivity index (χ1) is 25.0. The van der Waals surface area contributed by atoms with Crippen molar-refractivity contribution < 1.29 is 9.90 Å². The second kappa shape index (κ2) is 10.2. The molecule has 0 aliphatic heterocycles.